The lowest BCUT2D eigenvalue weighted by Gasteiger charge is -2.34. The molecule has 1 aliphatic heterocycles. The molecule has 7 heteroatoms. The first-order valence-electron chi connectivity index (χ1n) is 9.92. The second-order valence-corrected chi connectivity index (χ2v) is 9.69. The number of ether oxygens (including phenoxy) is 1. The summed E-state index contributed by atoms with van der Waals surface area (Å²) in [6.07, 6.45) is 1.25. The molecule has 0 bridgehead atoms. The van der Waals surface area contributed by atoms with E-state index in [1.807, 2.05) is 30.3 Å². The van der Waals surface area contributed by atoms with Crippen molar-refractivity contribution in [3.63, 3.8) is 0 Å². The number of amides is 1. The fraction of sp³-hybridized carbons (Fsp3) is 0.409. The van der Waals surface area contributed by atoms with E-state index in [0.29, 0.717) is 30.6 Å². The number of para-hydroxylation sites is 1. The van der Waals surface area contributed by atoms with Crippen LogP contribution in [-0.4, -0.2) is 38.3 Å². The Hall–Kier alpha value is -2.38. The molecule has 29 heavy (non-hydrogen) atoms. The Balaban J connectivity index is 1.54. The number of nitrogens with one attached hydrogen (secondary N) is 1. The molecule has 1 aliphatic rings. The van der Waals surface area contributed by atoms with Gasteiger partial charge in [0.05, 0.1) is 17.9 Å². The molecule has 156 valence electrons. The molecule has 6 nitrogen and oxygen atoms in total. The SMILES string of the molecule is CC1CC(C)CN(S(=O)(=O)c2ccc(NC(=O)CCOc3ccccc3)cc2)C1. The van der Waals surface area contributed by atoms with Gasteiger partial charge in [-0.05, 0) is 54.7 Å². The summed E-state index contributed by atoms with van der Waals surface area (Å²) < 4.78 is 32.9. The summed E-state index contributed by atoms with van der Waals surface area (Å²) in [5.41, 5.74) is 0.564. The molecular formula is C22H28N2O4S. The summed E-state index contributed by atoms with van der Waals surface area (Å²) in [7, 11) is -3.52. The lowest BCUT2D eigenvalue weighted by molar-refractivity contribution is -0.116. The average Bonchev–Trinajstić information content (AvgIpc) is 2.68. The van der Waals surface area contributed by atoms with Crippen LogP contribution < -0.4 is 10.1 Å². The van der Waals surface area contributed by atoms with Crippen LogP contribution in [0.3, 0.4) is 0 Å². The number of anilines is 1. The van der Waals surface area contributed by atoms with Crippen LogP contribution in [0.15, 0.2) is 59.5 Å². The maximum atomic E-state index is 12.9. The number of benzene rings is 2. The molecular weight excluding hydrogens is 388 g/mol. The summed E-state index contributed by atoms with van der Waals surface area (Å²) in [5.74, 6) is 1.24. The molecule has 2 atom stereocenters. The number of carbonyl (C=O) groups is 1. The van der Waals surface area contributed by atoms with Crippen molar-refractivity contribution in [1.29, 1.82) is 0 Å². The number of rotatable bonds is 7. The lowest BCUT2D eigenvalue weighted by atomic mass is 9.94. The lowest BCUT2D eigenvalue weighted by Crippen LogP contribution is -2.42. The predicted molar refractivity (Wildman–Crippen MR) is 113 cm³/mol. The van der Waals surface area contributed by atoms with E-state index in [1.54, 1.807) is 28.6 Å². The smallest absolute Gasteiger partial charge is 0.243 e. The van der Waals surface area contributed by atoms with Crippen LogP contribution in [0.2, 0.25) is 0 Å². The van der Waals surface area contributed by atoms with Crippen molar-refractivity contribution in [2.24, 2.45) is 11.8 Å². The van der Waals surface area contributed by atoms with E-state index in [4.69, 9.17) is 4.74 Å². The first-order valence-corrected chi connectivity index (χ1v) is 11.4. The summed E-state index contributed by atoms with van der Waals surface area (Å²) in [6.45, 7) is 5.53. The highest BCUT2D eigenvalue weighted by atomic mass is 32.2. The zero-order valence-electron chi connectivity index (χ0n) is 16.9. The highest BCUT2D eigenvalue weighted by Crippen LogP contribution is 2.27. The summed E-state index contributed by atoms with van der Waals surface area (Å²) in [4.78, 5) is 12.3. The first kappa shape index (κ1) is 21.3. The van der Waals surface area contributed by atoms with E-state index in [-0.39, 0.29) is 23.8 Å². The molecule has 1 heterocycles. The minimum atomic E-state index is -3.52. The molecule has 2 aromatic rings. The first-order chi connectivity index (χ1) is 13.8. The summed E-state index contributed by atoms with van der Waals surface area (Å²) in [6, 6.07) is 15.7. The van der Waals surface area contributed by atoms with Gasteiger partial charge < -0.3 is 10.1 Å². The van der Waals surface area contributed by atoms with Gasteiger partial charge in [-0.1, -0.05) is 32.0 Å². The van der Waals surface area contributed by atoms with Gasteiger partial charge in [0, 0.05) is 18.8 Å². The fourth-order valence-electron chi connectivity index (χ4n) is 3.66. The molecule has 1 saturated heterocycles. The standard InChI is InChI=1S/C22H28N2O4S/c1-17-14-18(2)16-24(15-17)29(26,27)21-10-8-19(9-11-21)23-22(25)12-13-28-20-6-4-3-5-7-20/h3-11,17-18H,12-16H2,1-2H3,(H,23,25). The Morgan fingerprint density at radius 3 is 2.28 bits per heavy atom. The van der Waals surface area contributed by atoms with Crippen molar-refractivity contribution in [1.82, 2.24) is 4.31 Å². The van der Waals surface area contributed by atoms with Gasteiger partial charge in [-0.25, -0.2) is 8.42 Å². The third-order valence-electron chi connectivity index (χ3n) is 4.95. The van der Waals surface area contributed by atoms with Crippen molar-refractivity contribution in [2.75, 3.05) is 25.0 Å². The van der Waals surface area contributed by atoms with E-state index < -0.39 is 10.0 Å². The van der Waals surface area contributed by atoms with Gasteiger partial charge in [-0.15, -0.1) is 0 Å². The Kier molecular flexibility index (Phi) is 6.92. The summed E-state index contributed by atoms with van der Waals surface area (Å²) in [5, 5.41) is 2.77. The second-order valence-electron chi connectivity index (χ2n) is 7.75. The van der Waals surface area contributed by atoms with Crippen molar-refractivity contribution < 1.29 is 17.9 Å². The molecule has 2 unspecified atom stereocenters. The number of sulfonamides is 1. The molecule has 0 spiro atoms. The molecule has 1 amide bonds. The Bertz CT molecular complexity index is 904. The zero-order valence-corrected chi connectivity index (χ0v) is 17.7. The van der Waals surface area contributed by atoms with Crippen LogP contribution >= 0.6 is 0 Å². The molecule has 2 aromatic carbocycles. The van der Waals surface area contributed by atoms with Gasteiger partial charge in [0.1, 0.15) is 5.75 Å². The van der Waals surface area contributed by atoms with Crippen molar-refractivity contribution in [3.05, 3.63) is 54.6 Å². The average molecular weight is 417 g/mol. The maximum Gasteiger partial charge on any atom is 0.243 e. The van der Waals surface area contributed by atoms with Gasteiger partial charge in [-0.3, -0.25) is 4.79 Å². The van der Waals surface area contributed by atoms with Gasteiger partial charge in [0.15, 0.2) is 0 Å². The van der Waals surface area contributed by atoms with E-state index in [9.17, 15) is 13.2 Å². The Morgan fingerprint density at radius 1 is 1.03 bits per heavy atom. The van der Waals surface area contributed by atoms with Crippen LogP contribution in [0, 0.1) is 11.8 Å². The van der Waals surface area contributed by atoms with Gasteiger partial charge in [0.25, 0.3) is 0 Å². The molecule has 1 fully saturated rings. The maximum absolute atomic E-state index is 12.9. The van der Waals surface area contributed by atoms with Crippen LogP contribution in [0.4, 0.5) is 5.69 Å². The molecule has 3 rings (SSSR count). The van der Waals surface area contributed by atoms with Crippen LogP contribution in [0.1, 0.15) is 26.7 Å². The van der Waals surface area contributed by atoms with Gasteiger partial charge >= 0.3 is 0 Å². The number of hydrogen-bond donors (Lipinski definition) is 1. The van der Waals surface area contributed by atoms with Crippen molar-refractivity contribution in [2.45, 2.75) is 31.6 Å². The predicted octanol–water partition coefficient (Wildman–Crippen LogP) is 3.76. The minimum absolute atomic E-state index is 0.185. The minimum Gasteiger partial charge on any atom is -0.493 e. The Morgan fingerprint density at radius 2 is 1.66 bits per heavy atom. The zero-order chi connectivity index (χ0) is 20.9. The summed E-state index contributed by atoms with van der Waals surface area (Å²) >= 11 is 0. The molecule has 1 N–H and O–H groups in total. The van der Waals surface area contributed by atoms with E-state index in [2.05, 4.69) is 19.2 Å². The highest BCUT2D eigenvalue weighted by Gasteiger charge is 2.31. The molecule has 0 saturated carbocycles. The largest absolute Gasteiger partial charge is 0.493 e. The number of carbonyl (C=O) groups excluding carboxylic acids is 1. The van der Waals surface area contributed by atoms with Crippen LogP contribution in [0.5, 0.6) is 5.75 Å². The molecule has 0 radical (unpaired) electrons. The normalized spacial score (nSPS) is 20.2. The molecule has 0 aromatic heterocycles. The molecule has 0 aliphatic carbocycles. The van der Waals surface area contributed by atoms with Gasteiger partial charge in [-0.2, -0.15) is 4.31 Å². The Labute approximate surface area is 172 Å². The quantitative estimate of drug-likeness (QED) is 0.746. The van der Waals surface area contributed by atoms with E-state index >= 15 is 0 Å². The number of piperidine rings is 1. The van der Waals surface area contributed by atoms with E-state index in [0.717, 1.165) is 12.2 Å². The third kappa shape index (κ3) is 5.81. The number of hydrogen-bond acceptors (Lipinski definition) is 4. The number of nitrogens with zero attached hydrogens (tertiary/aromatic N) is 1. The fourth-order valence-corrected chi connectivity index (χ4v) is 5.34. The van der Waals surface area contributed by atoms with Gasteiger partial charge in [0.2, 0.25) is 15.9 Å². The van der Waals surface area contributed by atoms with Crippen LogP contribution in [-0.2, 0) is 14.8 Å². The van der Waals surface area contributed by atoms with Crippen LogP contribution in [0.25, 0.3) is 0 Å². The monoisotopic (exact) mass is 416 g/mol. The highest BCUT2D eigenvalue weighted by molar-refractivity contribution is 7.89. The third-order valence-corrected chi connectivity index (χ3v) is 6.80. The van der Waals surface area contributed by atoms with E-state index in [1.165, 1.54) is 0 Å². The second kappa shape index (κ2) is 9.41. The van der Waals surface area contributed by atoms with Crippen molar-refractivity contribution >= 4 is 21.6 Å². The topological polar surface area (TPSA) is 75.7 Å². The van der Waals surface area contributed by atoms with Crippen molar-refractivity contribution in [3.8, 4) is 5.75 Å².